The lowest BCUT2D eigenvalue weighted by molar-refractivity contribution is 0.341. The molecular weight excluding hydrogens is 246 g/mol. The van der Waals surface area contributed by atoms with Crippen LogP contribution in [0, 0.1) is 5.92 Å². The van der Waals surface area contributed by atoms with Crippen molar-refractivity contribution in [1.29, 1.82) is 0 Å². The Hall–Kier alpha value is -1.61. The smallest absolute Gasteiger partial charge is 0.139 e. The van der Waals surface area contributed by atoms with Crippen LogP contribution in [0.25, 0.3) is 11.4 Å². The Morgan fingerprint density at radius 2 is 2.00 bits per heavy atom. The molecular formula is C17H23N3. The fourth-order valence-corrected chi connectivity index (χ4v) is 3.35. The van der Waals surface area contributed by atoms with Crippen molar-refractivity contribution >= 4 is 0 Å². The minimum absolute atomic E-state index is 0.550. The summed E-state index contributed by atoms with van der Waals surface area (Å²) < 4.78 is 2.29. The second-order valence-electron chi connectivity index (χ2n) is 5.71. The molecule has 0 amide bonds. The highest BCUT2D eigenvalue weighted by Crippen LogP contribution is 2.29. The average Bonchev–Trinajstić information content (AvgIpc) is 3.17. The number of aromatic nitrogens is 2. The SMILES string of the molecule is CNC(Cn1ccnc1-c1ccccc1)C1CCCC1. The van der Waals surface area contributed by atoms with E-state index in [1.807, 2.05) is 12.3 Å². The summed E-state index contributed by atoms with van der Waals surface area (Å²) in [7, 11) is 2.09. The van der Waals surface area contributed by atoms with E-state index < -0.39 is 0 Å². The zero-order valence-corrected chi connectivity index (χ0v) is 12.1. The molecule has 0 bridgehead atoms. The zero-order valence-electron chi connectivity index (χ0n) is 12.1. The number of benzene rings is 1. The minimum Gasteiger partial charge on any atom is -0.329 e. The van der Waals surface area contributed by atoms with E-state index in [9.17, 15) is 0 Å². The molecule has 3 nitrogen and oxygen atoms in total. The van der Waals surface area contributed by atoms with Gasteiger partial charge in [-0.05, 0) is 25.8 Å². The minimum atomic E-state index is 0.550. The summed E-state index contributed by atoms with van der Waals surface area (Å²) in [6, 6.07) is 11.0. The van der Waals surface area contributed by atoms with Crippen LogP contribution < -0.4 is 5.32 Å². The predicted molar refractivity (Wildman–Crippen MR) is 82.5 cm³/mol. The Morgan fingerprint density at radius 3 is 2.70 bits per heavy atom. The summed E-state index contributed by atoms with van der Waals surface area (Å²) in [6.07, 6.45) is 9.50. The molecule has 1 saturated carbocycles. The van der Waals surface area contributed by atoms with Gasteiger partial charge in [-0.2, -0.15) is 0 Å². The van der Waals surface area contributed by atoms with E-state index in [1.54, 1.807) is 0 Å². The maximum absolute atomic E-state index is 4.54. The number of hydrogen-bond acceptors (Lipinski definition) is 2. The third kappa shape index (κ3) is 2.78. The third-order valence-electron chi connectivity index (χ3n) is 4.48. The van der Waals surface area contributed by atoms with Crippen LogP contribution in [0.5, 0.6) is 0 Å². The van der Waals surface area contributed by atoms with Gasteiger partial charge in [0.05, 0.1) is 0 Å². The summed E-state index contributed by atoms with van der Waals surface area (Å²) >= 11 is 0. The summed E-state index contributed by atoms with van der Waals surface area (Å²) in [4.78, 5) is 4.54. The van der Waals surface area contributed by atoms with Gasteiger partial charge in [0.25, 0.3) is 0 Å². The van der Waals surface area contributed by atoms with Gasteiger partial charge >= 0.3 is 0 Å². The summed E-state index contributed by atoms with van der Waals surface area (Å²) in [6.45, 7) is 1.01. The van der Waals surface area contributed by atoms with Gasteiger partial charge < -0.3 is 9.88 Å². The van der Waals surface area contributed by atoms with Gasteiger partial charge in [0.15, 0.2) is 0 Å². The highest BCUT2D eigenvalue weighted by molar-refractivity contribution is 5.55. The molecule has 1 unspecified atom stereocenters. The molecule has 0 radical (unpaired) electrons. The lowest BCUT2D eigenvalue weighted by Crippen LogP contribution is -2.36. The first-order chi connectivity index (χ1) is 9.88. The van der Waals surface area contributed by atoms with Crippen molar-refractivity contribution in [2.45, 2.75) is 38.3 Å². The fraction of sp³-hybridized carbons (Fsp3) is 0.471. The van der Waals surface area contributed by atoms with Gasteiger partial charge in [-0.3, -0.25) is 0 Å². The lowest BCUT2D eigenvalue weighted by Gasteiger charge is -2.24. The van der Waals surface area contributed by atoms with E-state index in [0.717, 1.165) is 18.3 Å². The summed E-state index contributed by atoms with van der Waals surface area (Å²) in [5.74, 6) is 1.88. The van der Waals surface area contributed by atoms with Crippen LogP contribution in [0.4, 0.5) is 0 Å². The molecule has 1 aromatic heterocycles. The summed E-state index contributed by atoms with van der Waals surface area (Å²) in [5.41, 5.74) is 1.19. The molecule has 1 aliphatic carbocycles. The maximum atomic E-state index is 4.54. The molecule has 3 rings (SSSR count). The normalized spacial score (nSPS) is 17.4. The topological polar surface area (TPSA) is 29.9 Å². The zero-order chi connectivity index (χ0) is 13.8. The van der Waals surface area contributed by atoms with Crippen LogP contribution in [0.15, 0.2) is 42.7 Å². The Labute approximate surface area is 121 Å². The highest BCUT2D eigenvalue weighted by Gasteiger charge is 2.24. The molecule has 20 heavy (non-hydrogen) atoms. The monoisotopic (exact) mass is 269 g/mol. The molecule has 106 valence electrons. The molecule has 2 aromatic rings. The quantitative estimate of drug-likeness (QED) is 0.902. The van der Waals surface area contributed by atoms with Crippen molar-refractivity contribution < 1.29 is 0 Å². The van der Waals surface area contributed by atoms with Crippen LogP contribution in [0.2, 0.25) is 0 Å². The molecule has 1 aliphatic rings. The number of imidazole rings is 1. The molecule has 1 fully saturated rings. The number of rotatable bonds is 5. The van der Waals surface area contributed by atoms with Gasteiger partial charge in [-0.1, -0.05) is 43.2 Å². The second kappa shape index (κ2) is 6.23. The van der Waals surface area contributed by atoms with E-state index in [2.05, 4.69) is 52.4 Å². The van der Waals surface area contributed by atoms with Crippen molar-refractivity contribution in [1.82, 2.24) is 14.9 Å². The van der Waals surface area contributed by atoms with Gasteiger partial charge in [-0.25, -0.2) is 4.98 Å². The van der Waals surface area contributed by atoms with E-state index in [4.69, 9.17) is 0 Å². The van der Waals surface area contributed by atoms with E-state index >= 15 is 0 Å². The molecule has 1 aromatic carbocycles. The molecule has 0 aliphatic heterocycles. The van der Waals surface area contributed by atoms with Gasteiger partial charge in [0, 0.05) is 30.5 Å². The van der Waals surface area contributed by atoms with Crippen molar-refractivity contribution in [2.24, 2.45) is 5.92 Å². The van der Waals surface area contributed by atoms with Crippen LogP contribution in [-0.2, 0) is 6.54 Å². The molecule has 0 saturated heterocycles. The van der Waals surface area contributed by atoms with E-state index in [-0.39, 0.29) is 0 Å². The molecule has 1 N–H and O–H groups in total. The van der Waals surface area contributed by atoms with Crippen LogP contribution in [-0.4, -0.2) is 22.6 Å². The van der Waals surface area contributed by atoms with Gasteiger partial charge in [0.1, 0.15) is 5.82 Å². The van der Waals surface area contributed by atoms with Crippen LogP contribution in [0.3, 0.4) is 0 Å². The van der Waals surface area contributed by atoms with Gasteiger partial charge in [-0.15, -0.1) is 0 Å². The largest absolute Gasteiger partial charge is 0.329 e. The third-order valence-corrected chi connectivity index (χ3v) is 4.48. The second-order valence-corrected chi connectivity index (χ2v) is 5.71. The number of hydrogen-bond donors (Lipinski definition) is 1. The molecule has 0 spiro atoms. The van der Waals surface area contributed by atoms with Gasteiger partial charge in [0.2, 0.25) is 0 Å². The van der Waals surface area contributed by atoms with Crippen LogP contribution in [0.1, 0.15) is 25.7 Å². The first kappa shape index (κ1) is 13.4. The molecule has 3 heteroatoms. The van der Waals surface area contributed by atoms with E-state index in [0.29, 0.717) is 6.04 Å². The van der Waals surface area contributed by atoms with Crippen molar-refractivity contribution in [3.8, 4) is 11.4 Å². The van der Waals surface area contributed by atoms with E-state index in [1.165, 1.54) is 31.2 Å². The first-order valence-corrected chi connectivity index (χ1v) is 7.62. The number of nitrogens with zero attached hydrogens (tertiary/aromatic N) is 2. The molecule has 1 heterocycles. The highest BCUT2D eigenvalue weighted by atomic mass is 15.1. The maximum Gasteiger partial charge on any atom is 0.139 e. The molecule has 1 atom stereocenters. The first-order valence-electron chi connectivity index (χ1n) is 7.62. The average molecular weight is 269 g/mol. The Balaban J connectivity index is 1.79. The predicted octanol–water partition coefficient (Wildman–Crippen LogP) is 3.33. The Kier molecular flexibility index (Phi) is 4.16. The lowest BCUT2D eigenvalue weighted by atomic mass is 9.98. The Morgan fingerprint density at radius 1 is 1.25 bits per heavy atom. The number of likely N-dealkylation sites (N-methyl/N-ethyl adjacent to an activating group) is 1. The summed E-state index contributed by atoms with van der Waals surface area (Å²) in [5, 5.41) is 3.51. The Bertz CT molecular complexity index is 526. The van der Waals surface area contributed by atoms with Crippen molar-refractivity contribution in [3.63, 3.8) is 0 Å². The number of nitrogens with one attached hydrogen (secondary N) is 1. The van der Waals surface area contributed by atoms with Crippen LogP contribution >= 0.6 is 0 Å². The van der Waals surface area contributed by atoms with Crippen molar-refractivity contribution in [3.05, 3.63) is 42.7 Å². The fourth-order valence-electron chi connectivity index (χ4n) is 3.35. The van der Waals surface area contributed by atoms with Crippen molar-refractivity contribution in [2.75, 3.05) is 7.05 Å². The standard InChI is InChI=1S/C17H23N3/c1-18-16(14-7-5-6-8-14)13-20-12-11-19-17(20)15-9-3-2-4-10-15/h2-4,9-12,14,16,18H,5-8,13H2,1H3.